The van der Waals surface area contributed by atoms with E-state index in [-0.39, 0.29) is 6.03 Å². The number of urea groups is 1. The molecule has 6 nitrogen and oxygen atoms in total. The summed E-state index contributed by atoms with van der Waals surface area (Å²) in [6, 6.07) is 12.1. The van der Waals surface area contributed by atoms with Gasteiger partial charge in [0.2, 0.25) is 0 Å². The largest absolute Gasteiger partial charge is 0.493 e. The summed E-state index contributed by atoms with van der Waals surface area (Å²) in [5, 5.41) is 3.43. The van der Waals surface area contributed by atoms with Crippen LogP contribution in [0.25, 0.3) is 0 Å². The molecule has 0 unspecified atom stereocenters. The molecule has 0 saturated carbocycles. The number of likely N-dealkylation sites (N-methyl/N-ethyl adjacent to an activating group) is 1. The maximum absolute atomic E-state index is 12.3. The molecule has 0 heterocycles. The summed E-state index contributed by atoms with van der Waals surface area (Å²) in [7, 11) is 3.27. The smallest absolute Gasteiger partial charge is 0.321 e. The predicted molar refractivity (Wildman–Crippen MR) is 103 cm³/mol. The third-order valence-corrected chi connectivity index (χ3v) is 3.79. The molecule has 2 aromatic carbocycles. The monoisotopic (exact) mass is 378 g/mol. The normalized spacial score (nSPS) is 10.2. The summed E-state index contributed by atoms with van der Waals surface area (Å²) in [4.78, 5) is 13.8. The number of nitrogens with one attached hydrogen (secondary N) is 1. The van der Waals surface area contributed by atoms with Gasteiger partial charge in [0.1, 0.15) is 12.4 Å². The van der Waals surface area contributed by atoms with Gasteiger partial charge in [-0.1, -0.05) is 17.7 Å². The average molecular weight is 379 g/mol. The molecule has 2 aromatic rings. The summed E-state index contributed by atoms with van der Waals surface area (Å²) < 4.78 is 16.3. The van der Waals surface area contributed by atoms with Crippen molar-refractivity contribution < 1.29 is 19.0 Å². The van der Waals surface area contributed by atoms with Crippen LogP contribution in [0.3, 0.4) is 0 Å². The van der Waals surface area contributed by atoms with Crippen molar-refractivity contribution in [1.29, 1.82) is 0 Å². The first kappa shape index (κ1) is 19.7. The summed E-state index contributed by atoms with van der Waals surface area (Å²) in [6.07, 6.45) is 0. The number of nitrogens with zero attached hydrogens (tertiary/aromatic N) is 1. The van der Waals surface area contributed by atoms with Crippen molar-refractivity contribution in [3.05, 3.63) is 47.5 Å². The highest BCUT2D eigenvalue weighted by atomic mass is 35.5. The van der Waals surface area contributed by atoms with Crippen LogP contribution in [0.5, 0.6) is 17.2 Å². The van der Waals surface area contributed by atoms with E-state index in [0.29, 0.717) is 47.7 Å². The summed E-state index contributed by atoms with van der Waals surface area (Å²) >= 11 is 5.91. The first-order chi connectivity index (χ1) is 12.5. The van der Waals surface area contributed by atoms with Gasteiger partial charge in [0.15, 0.2) is 11.5 Å². The van der Waals surface area contributed by atoms with Crippen LogP contribution in [-0.4, -0.2) is 44.8 Å². The van der Waals surface area contributed by atoms with E-state index in [4.69, 9.17) is 25.8 Å². The Labute approximate surface area is 158 Å². The standard InChI is InChI=1S/C19H23ClN2O4/c1-4-25-18-13-15(8-9-17(18)24-3)21-19(23)22(2)10-11-26-16-7-5-6-14(20)12-16/h5-9,12-13H,4,10-11H2,1-3H3,(H,21,23). The molecule has 0 fully saturated rings. The van der Waals surface area contributed by atoms with Gasteiger partial charge >= 0.3 is 6.03 Å². The van der Waals surface area contributed by atoms with Crippen molar-refractivity contribution in [2.24, 2.45) is 0 Å². The molecule has 26 heavy (non-hydrogen) atoms. The molecule has 0 aliphatic heterocycles. The number of hydrogen-bond donors (Lipinski definition) is 1. The lowest BCUT2D eigenvalue weighted by atomic mass is 10.2. The highest BCUT2D eigenvalue weighted by Crippen LogP contribution is 2.30. The maximum atomic E-state index is 12.3. The Kier molecular flexibility index (Phi) is 7.41. The number of carbonyl (C=O) groups excluding carboxylic acids is 1. The molecule has 2 rings (SSSR count). The molecule has 0 spiro atoms. The number of halogens is 1. The van der Waals surface area contributed by atoms with Crippen LogP contribution in [0.4, 0.5) is 10.5 Å². The van der Waals surface area contributed by atoms with E-state index >= 15 is 0 Å². The summed E-state index contributed by atoms with van der Waals surface area (Å²) in [6.45, 7) is 3.18. The number of hydrogen-bond acceptors (Lipinski definition) is 4. The Bertz CT molecular complexity index is 739. The SMILES string of the molecule is CCOc1cc(NC(=O)N(C)CCOc2cccc(Cl)c2)ccc1OC. The minimum absolute atomic E-state index is 0.243. The Hall–Kier alpha value is -2.60. The lowest BCUT2D eigenvalue weighted by Gasteiger charge is -2.19. The van der Waals surface area contributed by atoms with Gasteiger partial charge in [-0.05, 0) is 37.3 Å². The molecular weight excluding hydrogens is 356 g/mol. The Morgan fingerprint density at radius 3 is 2.65 bits per heavy atom. The van der Waals surface area contributed by atoms with E-state index in [0.717, 1.165) is 0 Å². The first-order valence-electron chi connectivity index (χ1n) is 8.24. The zero-order valence-electron chi connectivity index (χ0n) is 15.1. The number of methoxy groups -OCH3 is 1. The molecule has 0 aliphatic carbocycles. The zero-order chi connectivity index (χ0) is 18.9. The number of amides is 2. The van der Waals surface area contributed by atoms with Crippen LogP contribution in [0.2, 0.25) is 5.02 Å². The minimum Gasteiger partial charge on any atom is -0.493 e. The van der Waals surface area contributed by atoms with Crippen molar-refractivity contribution in [2.45, 2.75) is 6.92 Å². The van der Waals surface area contributed by atoms with E-state index in [9.17, 15) is 4.79 Å². The van der Waals surface area contributed by atoms with Gasteiger partial charge in [-0.25, -0.2) is 4.79 Å². The van der Waals surface area contributed by atoms with Crippen LogP contribution >= 0.6 is 11.6 Å². The molecule has 1 N–H and O–H groups in total. The van der Waals surface area contributed by atoms with Gasteiger partial charge in [0.05, 0.1) is 20.3 Å². The highest BCUT2D eigenvalue weighted by molar-refractivity contribution is 6.30. The third kappa shape index (κ3) is 5.74. The zero-order valence-corrected chi connectivity index (χ0v) is 15.9. The van der Waals surface area contributed by atoms with Crippen LogP contribution < -0.4 is 19.5 Å². The second-order valence-electron chi connectivity index (χ2n) is 5.46. The molecule has 140 valence electrons. The fourth-order valence-corrected chi connectivity index (χ4v) is 2.38. The van der Waals surface area contributed by atoms with E-state index in [1.807, 2.05) is 19.1 Å². The van der Waals surface area contributed by atoms with Crippen LogP contribution in [0.15, 0.2) is 42.5 Å². The first-order valence-corrected chi connectivity index (χ1v) is 8.62. The van der Waals surface area contributed by atoms with E-state index in [2.05, 4.69) is 5.32 Å². The Morgan fingerprint density at radius 1 is 1.15 bits per heavy atom. The van der Waals surface area contributed by atoms with Crippen molar-refractivity contribution in [3.8, 4) is 17.2 Å². The molecule has 0 atom stereocenters. The van der Waals surface area contributed by atoms with Gasteiger partial charge in [-0.3, -0.25) is 0 Å². The molecule has 0 bridgehead atoms. The van der Waals surface area contributed by atoms with Crippen LogP contribution in [-0.2, 0) is 0 Å². The number of anilines is 1. The summed E-state index contributed by atoms with van der Waals surface area (Å²) in [5.41, 5.74) is 0.627. The van der Waals surface area contributed by atoms with Crippen molar-refractivity contribution in [1.82, 2.24) is 4.90 Å². The van der Waals surface area contributed by atoms with Crippen LogP contribution in [0.1, 0.15) is 6.92 Å². The third-order valence-electron chi connectivity index (χ3n) is 3.55. The molecule has 0 aliphatic rings. The molecule has 0 saturated heterocycles. The van der Waals surface area contributed by atoms with E-state index in [1.54, 1.807) is 44.5 Å². The van der Waals surface area contributed by atoms with Crippen molar-refractivity contribution in [2.75, 3.05) is 39.2 Å². The second kappa shape index (κ2) is 9.77. The highest BCUT2D eigenvalue weighted by Gasteiger charge is 2.11. The Morgan fingerprint density at radius 2 is 1.96 bits per heavy atom. The minimum atomic E-state index is -0.243. The van der Waals surface area contributed by atoms with E-state index < -0.39 is 0 Å². The predicted octanol–water partition coefficient (Wildman–Crippen LogP) is 4.29. The maximum Gasteiger partial charge on any atom is 0.321 e. The molecule has 7 heteroatoms. The fourth-order valence-electron chi connectivity index (χ4n) is 2.20. The van der Waals surface area contributed by atoms with E-state index in [1.165, 1.54) is 4.90 Å². The fraction of sp³-hybridized carbons (Fsp3) is 0.316. The summed E-state index contributed by atoms with van der Waals surface area (Å²) in [5.74, 6) is 1.87. The van der Waals surface area contributed by atoms with Crippen LogP contribution in [0, 0.1) is 0 Å². The number of benzene rings is 2. The van der Waals surface area contributed by atoms with Gasteiger partial charge in [-0.2, -0.15) is 0 Å². The van der Waals surface area contributed by atoms with Gasteiger partial charge in [-0.15, -0.1) is 0 Å². The number of ether oxygens (including phenoxy) is 3. The lowest BCUT2D eigenvalue weighted by molar-refractivity contribution is 0.207. The molecule has 0 radical (unpaired) electrons. The molecular formula is C19H23ClN2O4. The topological polar surface area (TPSA) is 60.0 Å². The van der Waals surface area contributed by atoms with Gasteiger partial charge in [0.25, 0.3) is 0 Å². The van der Waals surface area contributed by atoms with Gasteiger partial charge in [0, 0.05) is 23.8 Å². The second-order valence-corrected chi connectivity index (χ2v) is 5.89. The van der Waals surface area contributed by atoms with Gasteiger partial charge < -0.3 is 24.4 Å². The lowest BCUT2D eigenvalue weighted by Crippen LogP contribution is -2.34. The quantitative estimate of drug-likeness (QED) is 0.744. The number of carbonyl (C=O) groups is 1. The molecule has 0 aromatic heterocycles. The van der Waals surface area contributed by atoms with Crippen molar-refractivity contribution >= 4 is 23.3 Å². The number of rotatable bonds is 8. The average Bonchev–Trinajstić information content (AvgIpc) is 2.62. The Balaban J connectivity index is 1.87. The molecule has 2 amide bonds. The van der Waals surface area contributed by atoms with Crippen molar-refractivity contribution in [3.63, 3.8) is 0 Å².